The van der Waals surface area contributed by atoms with E-state index in [1.807, 2.05) is 0 Å². The average molecular weight is 263 g/mol. The zero-order chi connectivity index (χ0) is 13.8. The van der Waals surface area contributed by atoms with E-state index in [1.54, 1.807) is 19.9 Å². The Morgan fingerprint density at radius 2 is 2.32 bits per heavy atom. The van der Waals surface area contributed by atoms with Crippen molar-refractivity contribution < 1.29 is 13.9 Å². The van der Waals surface area contributed by atoms with Crippen LogP contribution in [-0.2, 0) is 0 Å². The first-order valence-electron chi connectivity index (χ1n) is 5.85. The Balaban J connectivity index is 2.14. The molecule has 0 radical (unpaired) electrons. The number of aryl methyl sites for hydroxylation is 1. The zero-order valence-corrected chi connectivity index (χ0v) is 10.7. The molecule has 0 spiro atoms. The summed E-state index contributed by atoms with van der Waals surface area (Å²) in [5.74, 6) is -0.682. The maximum atomic E-state index is 13.6. The molecule has 0 aliphatic heterocycles. The van der Waals surface area contributed by atoms with Crippen LogP contribution in [0.1, 0.15) is 23.0 Å². The first-order chi connectivity index (χ1) is 9.11. The van der Waals surface area contributed by atoms with Gasteiger partial charge in [-0.1, -0.05) is 0 Å². The summed E-state index contributed by atoms with van der Waals surface area (Å²) in [7, 11) is 0. The van der Waals surface area contributed by atoms with E-state index in [2.05, 4.69) is 15.5 Å². The fraction of sp³-hybridized carbons (Fsp3) is 0.231. The predicted octanol–water partition coefficient (Wildman–Crippen LogP) is 2.51. The number of ether oxygens (including phenoxy) is 1. The third kappa shape index (κ3) is 2.90. The van der Waals surface area contributed by atoms with E-state index >= 15 is 0 Å². The first-order valence-corrected chi connectivity index (χ1v) is 5.85. The number of carbonyl (C=O) groups excluding carboxylic acids is 1. The minimum Gasteiger partial charge on any atom is -0.491 e. The molecule has 6 heteroatoms. The molecular formula is C13H14FN3O2. The molecule has 100 valence electrons. The van der Waals surface area contributed by atoms with E-state index in [0.29, 0.717) is 23.6 Å². The van der Waals surface area contributed by atoms with Gasteiger partial charge in [0.1, 0.15) is 0 Å². The lowest BCUT2D eigenvalue weighted by molar-refractivity contribution is 0.102. The Morgan fingerprint density at radius 1 is 1.53 bits per heavy atom. The van der Waals surface area contributed by atoms with Crippen molar-refractivity contribution in [3.63, 3.8) is 0 Å². The molecule has 1 aromatic heterocycles. The van der Waals surface area contributed by atoms with Crippen molar-refractivity contribution in [2.45, 2.75) is 13.8 Å². The van der Waals surface area contributed by atoms with Crippen LogP contribution in [0.15, 0.2) is 24.4 Å². The van der Waals surface area contributed by atoms with Crippen LogP contribution in [0.2, 0.25) is 0 Å². The Labute approximate surface area is 109 Å². The monoisotopic (exact) mass is 263 g/mol. The number of halogens is 1. The van der Waals surface area contributed by atoms with Crippen molar-refractivity contribution in [3.05, 3.63) is 41.5 Å². The van der Waals surface area contributed by atoms with E-state index in [-0.39, 0.29) is 11.7 Å². The number of hydrogen-bond donors (Lipinski definition) is 2. The van der Waals surface area contributed by atoms with Gasteiger partial charge in [0.05, 0.1) is 18.4 Å². The molecule has 0 fully saturated rings. The Kier molecular flexibility index (Phi) is 3.79. The van der Waals surface area contributed by atoms with Crippen molar-refractivity contribution >= 4 is 11.6 Å². The smallest absolute Gasteiger partial charge is 0.259 e. The molecule has 0 saturated carbocycles. The highest BCUT2D eigenvalue weighted by Gasteiger charge is 2.12. The summed E-state index contributed by atoms with van der Waals surface area (Å²) in [5, 5.41) is 9.03. The molecule has 0 saturated heterocycles. The van der Waals surface area contributed by atoms with Crippen LogP contribution >= 0.6 is 0 Å². The van der Waals surface area contributed by atoms with Crippen LogP contribution in [0.4, 0.5) is 10.1 Å². The predicted molar refractivity (Wildman–Crippen MR) is 68.8 cm³/mol. The molecule has 2 rings (SSSR count). The van der Waals surface area contributed by atoms with Gasteiger partial charge in [0.2, 0.25) is 0 Å². The number of nitrogens with zero attached hydrogens (tertiary/aromatic N) is 1. The number of aromatic amines is 1. The van der Waals surface area contributed by atoms with Gasteiger partial charge in [0, 0.05) is 17.4 Å². The van der Waals surface area contributed by atoms with E-state index in [4.69, 9.17) is 4.74 Å². The van der Waals surface area contributed by atoms with Crippen molar-refractivity contribution in [3.8, 4) is 5.75 Å². The average Bonchev–Trinajstić information content (AvgIpc) is 2.79. The minimum atomic E-state index is -0.511. The molecule has 2 aromatic rings. The molecule has 1 amide bonds. The number of rotatable bonds is 4. The molecule has 2 N–H and O–H groups in total. The van der Waals surface area contributed by atoms with Crippen LogP contribution in [0.25, 0.3) is 0 Å². The number of nitrogens with one attached hydrogen (secondary N) is 2. The summed E-state index contributed by atoms with van der Waals surface area (Å²) in [4.78, 5) is 11.9. The fourth-order valence-corrected chi connectivity index (χ4v) is 1.63. The second kappa shape index (κ2) is 5.51. The summed E-state index contributed by atoms with van der Waals surface area (Å²) in [6, 6.07) is 4.29. The van der Waals surface area contributed by atoms with Crippen LogP contribution < -0.4 is 10.1 Å². The quantitative estimate of drug-likeness (QED) is 0.890. The molecule has 0 aliphatic rings. The van der Waals surface area contributed by atoms with E-state index in [9.17, 15) is 9.18 Å². The normalized spacial score (nSPS) is 10.3. The van der Waals surface area contributed by atoms with Crippen LogP contribution in [0.3, 0.4) is 0 Å². The van der Waals surface area contributed by atoms with Crippen LogP contribution in [-0.4, -0.2) is 22.7 Å². The fourth-order valence-electron chi connectivity index (χ4n) is 1.63. The highest BCUT2D eigenvalue weighted by Crippen LogP contribution is 2.21. The standard InChI is InChI=1S/C13H14FN3O2/c1-3-19-12-5-4-9(6-11(12)14)16-13(18)10-7-15-17-8(10)2/h4-7H,3H2,1-2H3,(H,15,17)(H,16,18). The van der Waals surface area contributed by atoms with Crippen LogP contribution in [0, 0.1) is 12.7 Å². The van der Waals surface area contributed by atoms with Crippen molar-refractivity contribution in [2.24, 2.45) is 0 Å². The molecule has 0 unspecified atom stereocenters. The van der Waals surface area contributed by atoms with Gasteiger partial charge < -0.3 is 10.1 Å². The lowest BCUT2D eigenvalue weighted by atomic mass is 10.2. The molecule has 0 atom stereocenters. The van der Waals surface area contributed by atoms with E-state index in [0.717, 1.165) is 0 Å². The lowest BCUT2D eigenvalue weighted by Gasteiger charge is -2.08. The zero-order valence-electron chi connectivity index (χ0n) is 10.7. The van der Waals surface area contributed by atoms with E-state index in [1.165, 1.54) is 18.3 Å². The topological polar surface area (TPSA) is 67.0 Å². The number of amides is 1. The van der Waals surface area contributed by atoms with E-state index < -0.39 is 5.82 Å². The SMILES string of the molecule is CCOc1ccc(NC(=O)c2cn[nH]c2C)cc1F. The van der Waals surface area contributed by atoms with Gasteiger partial charge in [-0.3, -0.25) is 9.89 Å². The number of benzene rings is 1. The summed E-state index contributed by atoms with van der Waals surface area (Å²) >= 11 is 0. The number of aromatic nitrogens is 2. The van der Waals surface area contributed by atoms with Crippen molar-refractivity contribution in [1.82, 2.24) is 10.2 Å². The maximum absolute atomic E-state index is 13.6. The number of anilines is 1. The number of H-pyrrole nitrogens is 1. The second-order valence-corrected chi connectivity index (χ2v) is 3.94. The van der Waals surface area contributed by atoms with Gasteiger partial charge in [0.25, 0.3) is 5.91 Å². The second-order valence-electron chi connectivity index (χ2n) is 3.94. The summed E-state index contributed by atoms with van der Waals surface area (Å²) < 4.78 is 18.7. The summed E-state index contributed by atoms with van der Waals surface area (Å²) in [6.45, 7) is 3.90. The molecule has 5 nitrogen and oxygen atoms in total. The van der Waals surface area contributed by atoms with Gasteiger partial charge in [-0.25, -0.2) is 4.39 Å². The molecule has 0 aliphatic carbocycles. The van der Waals surface area contributed by atoms with Crippen molar-refractivity contribution in [1.29, 1.82) is 0 Å². The van der Waals surface area contributed by atoms with Gasteiger partial charge in [0.15, 0.2) is 11.6 Å². The van der Waals surface area contributed by atoms with Gasteiger partial charge in [-0.05, 0) is 26.0 Å². The van der Waals surface area contributed by atoms with Gasteiger partial charge in [-0.15, -0.1) is 0 Å². The molecule has 0 bridgehead atoms. The Morgan fingerprint density at radius 3 is 2.89 bits per heavy atom. The Hall–Kier alpha value is -2.37. The first kappa shape index (κ1) is 13.1. The molecule has 1 aromatic carbocycles. The number of carbonyl (C=O) groups is 1. The van der Waals surface area contributed by atoms with Crippen LogP contribution in [0.5, 0.6) is 5.75 Å². The molecule has 19 heavy (non-hydrogen) atoms. The highest BCUT2D eigenvalue weighted by atomic mass is 19.1. The molecule has 1 heterocycles. The third-order valence-electron chi connectivity index (χ3n) is 2.56. The van der Waals surface area contributed by atoms with Crippen molar-refractivity contribution in [2.75, 3.05) is 11.9 Å². The lowest BCUT2D eigenvalue weighted by Crippen LogP contribution is -2.12. The summed E-state index contributed by atoms with van der Waals surface area (Å²) in [6.07, 6.45) is 1.43. The molecular weight excluding hydrogens is 249 g/mol. The summed E-state index contributed by atoms with van der Waals surface area (Å²) in [5.41, 5.74) is 1.45. The third-order valence-corrected chi connectivity index (χ3v) is 2.56. The van der Waals surface area contributed by atoms with Gasteiger partial charge >= 0.3 is 0 Å². The maximum Gasteiger partial charge on any atom is 0.259 e. The number of hydrogen-bond acceptors (Lipinski definition) is 3. The highest BCUT2D eigenvalue weighted by molar-refractivity contribution is 6.04. The largest absolute Gasteiger partial charge is 0.491 e. The Bertz CT molecular complexity index is 595. The van der Waals surface area contributed by atoms with Gasteiger partial charge in [-0.2, -0.15) is 5.10 Å². The minimum absolute atomic E-state index is 0.167.